The lowest BCUT2D eigenvalue weighted by Gasteiger charge is -2.19. The van der Waals surface area contributed by atoms with Crippen molar-refractivity contribution in [2.45, 2.75) is 19.9 Å². The van der Waals surface area contributed by atoms with Crippen LogP contribution in [0.15, 0.2) is 36.5 Å². The molecule has 0 spiro atoms. The number of carbonyl (C=O) groups excluding carboxylic acids is 1. The van der Waals surface area contributed by atoms with Crippen LogP contribution in [0.5, 0.6) is 0 Å². The molecule has 1 heterocycles. The summed E-state index contributed by atoms with van der Waals surface area (Å²) in [7, 11) is 0. The van der Waals surface area contributed by atoms with E-state index < -0.39 is 5.97 Å². The van der Waals surface area contributed by atoms with E-state index in [2.05, 4.69) is 10.3 Å². The Labute approximate surface area is 128 Å². The molecule has 0 saturated heterocycles. The Morgan fingerprint density at radius 2 is 2.00 bits per heavy atom. The van der Waals surface area contributed by atoms with Crippen molar-refractivity contribution < 1.29 is 14.7 Å². The van der Waals surface area contributed by atoms with Crippen molar-refractivity contribution in [3.05, 3.63) is 36.5 Å². The standard InChI is InChI=1S/C15H18N4O3/c1-2-18(9-8-15(21)22)14(20)11-19-10-13(16-17-19)12-6-4-3-5-7-12/h3-7,10H,2,8-9,11H2,1H3,(H,21,22). The number of rotatable bonds is 7. The average molecular weight is 302 g/mol. The molecule has 1 aromatic heterocycles. The number of carboxylic acid groups (broad SMARTS) is 1. The fraction of sp³-hybridized carbons (Fsp3) is 0.333. The third-order valence-corrected chi connectivity index (χ3v) is 3.24. The summed E-state index contributed by atoms with van der Waals surface area (Å²) >= 11 is 0. The molecule has 0 unspecified atom stereocenters. The highest BCUT2D eigenvalue weighted by Crippen LogP contribution is 2.14. The smallest absolute Gasteiger partial charge is 0.305 e. The summed E-state index contributed by atoms with van der Waals surface area (Å²) in [5.41, 5.74) is 1.63. The molecule has 0 fully saturated rings. The normalized spacial score (nSPS) is 10.4. The van der Waals surface area contributed by atoms with E-state index in [1.807, 2.05) is 37.3 Å². The molecule has 0 atom stereocenters. The van der Waals surface area contributed by atoms with E-state index in [0.29, 0.717) is 12.2 Å². The Morgan fingerprint density at radius 3 is 2.64 bits per heavy atom. The number of amides is 1. The first kappa shape index (κ1) is 15.7. The first-order valence-electron chi connectivity index (χ1n) is 7.05. The summed E-state index contributed by atoms with van der Waals surface area (Å²) < 4.78 is 1.47. The van der Waals surface area contributed by atoms with Gasteiger partial charge in [0.2, 0.25) is 5.91 Å². The summed E-state index contributed by atoms with van der Waals surface area (Å²) in [6.07, 6.45) is 1.64. The topological polar surface area (TPSA) is 88.3 Å². The highest BCUT2D eigenvalue weighted by Gasteiger charge is 2.14. The highest BCUT2D eigenvalue weighted by molar-refractivity contribution is 5.77. The number of hydrogen-bond acceptors (Lipinski definition) is 4. The van der Waals surface area contributed by atoms with Crippen molar-refractivity contribution in [3.8, 4) is 11.3 Å². The Morgan fingerprint density at radius 1 is 1.27 bits per heavy atom. The van der Waals surface area contributed by atoms with Crippen LogP contribution in [0.1, 0.15) is 13.3 Å². The number of carbonyl (C=O) groups is 2. The van der Waals surface area contributed by atoms with E-state index in [0.717, 1.165) is 5.56 Å². The Hall–Kier alpha value is -2.70. The van der Waals surface area contributed by atoms with Crippen LogP contribution in [0.2, 0.25) is 0 Å². The SMILES string of the molecule is CCN(CCC(=O)O)C(=O)Cn1cc(-c2ccccc2)nn1. The van der Waals surface area contributed by atoms with Gasteiger partial charge in [-0.1, -0.05) is 35.5 Å². The monoisotopic (exact) mass is 302 g/mol. The van der Waals surface area contributed by atoms with Gasteiger partial charge in [-0.3, -0.25) is 9.59 Å². The molecule has 0 radical (unpaired) electrons. The minimum Gasteiger partial charge on any atom is -0.481 e. The van der Waals surface area contributed by atoms with Gasteiger partial charge in [-0.05, 0) is 6.92 Å². The van der Waals surface area contributed by atoms with Crippen molar-refractivity contribution in [2.75, 3.05) is 13.1 Å². The lowest BCUT2D eigenvalue weighted by Crippen LogP contribution is -2.35. The van der Waals surface area contributed by atoms with Gasteiger partial charge in [-0.15, -0.1) is 5.10 Å². The van der Waals surface area contributed by atoms with E-state index in [1.54, 1.807) is 6.20 Å². The molecule has 0 aliphatic rings. The van der Waals surface area contributed by atoms with Crippen LogP contribution in [0.25, 0.3) is 11.3 Å². The van der Waals surface area contributed by atoms with Crippen LogP contribution >= 0.6 is 0 Å². The van der Waals surface area contributed by atoms with Crippen LogP contribution in [0.3, 0.4) is 0 Å². The van der Waals surface area contributed by atoms with Crippen LogP contribution < -0.4 is 0 Å². The van der Waals surface area contributed by atoms with Crippen LogP contribution in [-0.2, 0) is 16.1 Å². The minimum atomic E-state index is -0.918. The van der Waals surface area contributed by atoms with E-state index in [1.165, 1.54) is 9.58 Å². The number of aliphatic carboxylic acids is 1. The third-order valence-electron chi connectivity index (χ3n) is 3.24. The predicted molar refractivity (Wildman–Crippen MR) is 80.0 cm³/mol. The van der Waals surface area contributed by atoms with Crippen LogP contribution in [-0.4, -0.2) is 50.0 Å². The maximum atomic E-state index is 12.1. The number of aromatic nitrogens is 3. The van der Waals surface area contributed by atoms with Gasteiger partial charge < -0.3 is 10.0 Å². The van der Waals surface area contributed by atoms with Crippen molar-refractivity contribution in [3.63, 3.8) is 0 Å². The molecule has 116 valence electrons. The highest BCUT2D eigenvalue weighted by atomic mass is 16.4. The molecule has 22 heavy (non-hydrogen) atoms. The molecule has 1 aromatic carbocycles. The van der Waals surface area contributed by atoms with Gasteiger partial charge in [-0.2, -0.15) is 0 Å². The van der Waals surface area contributed by atoms with Gasteiger partial charge >= 0.3 is 5.97 Å². The van der Waals surface area contributed by atoms with Gasteiger partial charge in [0.15, 0.2) is 0 Å². The first-order valence-corrected chi connectivity index (χ1v) is 7.05. The molecule has 0 saturated carbocycles. The van der Waals surface area contributed by atoms with E-state index in [-0.39, 0.29) is 25.4 Å². The molecular weight excluding hydrogens is 284 g/mol. The molecule has 2 aromatic rings. The van der Waals surface area contributed by atoms with Crippen molar-refractivity contribution >= 4 is 11.9 Å². The van der Waals surface area contributed by atoms with Crippen LogP contribution in [0, 0.1) is 0 Å². The molecule has 2 rings (SSSR count). The van der Waals surface area contributed by atoms with Crippen molar-refractivity contribution in [2.24, 2.45) is 0 Å². The summed E-state index contributed by atoms with van der Waals surface area (Å²) in [5.74, 6) is -1.09. The fourth-order valence-corrected chi connectivity index (χ4v) is 2.05. The summed E-state index contributed by atoms with van der Waals surface area (Å²) in [6, 6.07) is 9.57. The average Bonchev–Trinajstić information content (AvgIpc) is 2.97. The van der Waals surface area contributed by atoms with Crippen LogP contribution in [0.4, 0.5) is 0 Å². The zero-order valence-corrected chi connectivity index (χ0v) is 12.3. The number of hydrogen-bond donors (Lipinski definition) is 1. The molecule has 1 amide bonds. The molecular formula is C15H18N4O3. The zero-order valence-electron chi connectivity index (χ0n) is 12.3. The maximum Gasteiger partial charge on any atom is 0.305 e. The predicted octanol–water partition coefficient (Wildman–Crippen LogP) is 1.27. The van der Waals surface area contributed by atoms with Gasteiger partial charge in [0.1, 0.15) is 12.2 Å². The largest absolute Gasteiger partial charge is 0.481 e. The molecule has 0 bridgehead atoms. The van der Waals surface area contributed by atoms with E-state index >= 15 is 0 Å². The van der Waals surface area contributed by atoms with Gasteiger partial charge in [0.25, 0.3) is 0 Å². The number of benzene rings is 1. The lowest BCUT2D eigenvalue weighted by atomic mass is 10.2. The maximum absolute atomic E-state index is 12.1. The molecule has 1 N–H and O–H groups in total. The second-order valence-electron chi connectivity index (χ2n) is 4.78. The van der Waals surface area contributed by atoms with E-state index in [9.17, 15) is 9.59 Å². The van der Waals surface area contributed by atoms with Gasteiger partial charge in [0.05, 0.1) is 12.6 Å². The van der Waals surface area contributed by atoms with Crippen molar-refractivity contribution in [1.82, 2.24) is 19.9 Å². The quantitative estimate of drug-likeness (QED) is 0.832. The number of nitrogens with zero attached hydrogens (tertiary/aromatic N) is 4. The van der Waals surface area contributed by atoms with Gasteiger partial charge in [0, 0.05) is 18.7 Å². The minimum absolute atomic E-state index is 0.0489. The van der Waals surface area contributed by atoms with Crippen molar-refractivity contribution in [1.29, 1.82) is 0 Å². The molecule has 0 aliphatic carbocycles. The Kier molecular flexibility index (Phi) is 5.24. The second kappa shape index (κ2) is 7.35. The summed E-state index contributed by atoms with van der Waals surface area (Å²) in [4.78, 5) is 24.2. The Balaban J connectivity index is 1.99. The molecule has 7 heteroatoms. The second-order valence-corrected chi connectivity index (χ2v) is 4.78. The van der Waals surface area contributed by atoms with Gasteiger partial charge in [-0.25, -0.2) is 4.68 Å². The lowest BCUT2D eigenvalue weighted by molar-refractivity contribution is -0.138. The number of carboxylic acids is 1. The fourth-order valence-electron chi connectivity index (χ4n) is 2.05. The number of likely N-dealkylation sites (N-methyl/N-ethyl adjacent to an activating group) is 1. The third kappa shape index (κ3) is 4.15. The van der Waals surface area contributed by atoms with E-state index in [4.69, 9.17) is 5.11 Å². The molecule has 0 aliphatic heterocycles. The first-order chi connectivity index (χ1) is 10.6. The zero-order chi connectivity index (χ0) is 15.9. The summed E-state index contributed by atoms with van der Waals surface area (Å²) in [5, 5.41) is 16.7. The molecule has 7 nitrogen and oxygen atoms in total. The Bertz CT molecular complexity index is 639. The summed E-state index contributed by atoms with van der Waals surface area (Å²) in [6.45, 7) is 2.53.